The Bertz CT molecular complexity index is 358. The molecule has 2 heterocycles. The highest BCUT2D eigenvalue weighted by molar-refractivity contribution is 5.76. The number of urea groups is 2. The maximum absolute atomic E-state index is 12.4. The van der Waals surface area contributed by atoms with Gasteiger partial charge in [0.05, 0.1) is 0 Å². The van der Waals surface area contributed by atoms with Gasteiger partial charge in [-0.3, -0.25) is 0 Å². The summed E-state index contributed by atoms with van der Waals surface area (Å²) >= 11 is 0. The quantitative estimate of drug-likeness (QED) is 0.611. The van der Waals surface area contributed by atoms with Gasteiger partial charge in [-0.15, -0.1) is 0 Å². The molecule has 7 nitrogen and oxygen atoms in total. The number of likely N-dealkylation sites (N-methyl/N-ethyl adjacent to an activating group) is 1. The number of hydrogen-bond donors (Lipinski definition) is 0. The number of carbonyl (C=O) groups excluding carboxylic acids is 2. The predicted octanol–water partition coefficient (Wildman–Crippen LogP) is -0.347. The minimum Gasteiger partial charge on any atom is -0.331 e. The van der Waals surface area contributed by atoms with E-state index in [1.165, 1.54) is 0 Å². The second-order valence-corrected chi connectivity index (χ2v) is 5.72. The van der Waals surface area contributed by atoms with Gasteiger partial charge in [-0.1, -0.05) is 0 Å². The van der Waals surface area contributed by atoms with E-state index in [0.717, 1.165) is 26.2 Å². The van der Waals surface area contributed by atoms with Gasteiger partial charge in [0.15, 0.2) is 0 Å². The molecular weight excluding hydrogens is 258 g/mol. The molecule has 0 bridgehead atoms. The van der Waals surface area contributed by atoms with E-state index in [4.69, 9.17) is 0 Å². The van der Waals surface area contributed by atoms with Gasteiger partial charge in [-0.25, -0.2) is 9.59 Å². The maximum atomic E-state index is 12.4. The highest BCUT2D eigenvalue weighted by atomic mass is 16.2. The monoisotopic (exact) mass is 283 g/mol. The maximum Gasteiger partial charge on any atom is 0.320 e. The van der Waals surface area contributed by atoms with E-state index in [1.807, 2.05) is 9.80 Å². The second-order valence-electron chi connectivity index (χ2n) is 5.72. The number of rotatable bonds is 0. The first-order chi connectivity index (χ1) is 9.49. The zero-order chi connectivity index (χ0) is 14.7. The van der Waals surface area contributed by atoms with Crippen LogP contribution in [-0.4, -0.2) is 110 Å². The molecule has 0 unspecified atom stereocenters. The Hall–Kier alpha value is -1.50. The third-order valence-electron chi connectivity index (χ3n) is 3.98. The summed E-state index contributed by atoms with van der Waals surface area (Å²) in [5, 5.41) is 0. The van der Waals surface area contributed by atoms with Crippen molar-refractivity contribution in [3.63, 3.8) is 0 Å². The molecule has 0 saturated carbocycles. The van der Waals surface area contributed by atoms with Crippen LogP contribution in [0.4, 0.5) is 9.59 Å². The summed E-state index contributed by atoms with van der Waals surface area (Å²) in [5.74, 6) is 0. The number of hydrogen-bond acceptors (Lipinski definition) is 3. The first-order valence-corrected chi connectivity index (χ1v) is 7.17. The summed E-state index contributed by atoms with van der Waals surface area (Å²) in [6.07, 6.45) is 0. The van der Waals surface area contributed by atoms with E-state index in [0.29, 0.717) is 26.2 Å². The third kappa shape index (κ3) is 3.33. The molecule has 2 saturated heterocycles. The van der Waals surface area contributed by atoms with E-state index >= 15 is 0 Å². The molecule has 7 heteroatoms. The van der Waals surface area contributed by atoms with Crippen molar-refractivity contribution in [2.45, 2.75) is 0 Å². The van der Waals surface area contributed by atoms with Gasteiger partial charge in [0.2, 0.25) is 0 Å². The van der Waals surface area contributed by atoms with E-state index in [1.54, 1.807) is 23.9 Å². The van der Waals surface area contributed by atoms with Crippen molar-refractivity contribution in [1.82, 2.24) is 24.5 Å². The van der Waals surface area contributed by atoms with Crippen LogP contribution in [0.15, 0.2) is 0 Å². The van der Waals surface area contributed by atoms with Gasteiger partial charge in [0.1, 0.15) is 0 Å². The van der Waals surface area contributed by atoms with Crippen LogP contribution in [0, 0.1) is 0 Å². The zero-order valence-corrected chi connectivity index (χ0v) is 12.7. The summed E-state index contributed by atoms with van der Waals surface area (Å²) in [4.78, 5) is 33.6. The summed E-state index contributed by atoms with van der Waals surface area (Å²) in [6.45, 7) is 5.97. The minimum atomic E-state index is 0.0247. The third-order valence-corrected chi connectivity index (χ3v) is 3.98. The van der Waals surface area contributed by atoms with Crippen molar-refractivity contribution in [1.29, 1.82) is 0 Å². The number of amides is 4. The molecule has 2 aliphatic rings. The standard InChI is InChI=1S/C13H25N5O2/c1-14(2)12(19)16-8-10-18(11-9-16)13(20)17-6-4-15(3)5-7-17/h4-11H2,1-3H3. The molecular formula is C13H25N5O2. The topological polar surface area (TPSA) is 50.3 Å². The van der Waals surface area contributed by atoms with Gasteiger partial charge >= 0.3 is 12.1 Å². The highest BCUT2D eigenvalue weighted by Crippen LogP contribution is 2.09. The fourth-order valence-electron chi connectivity index (χ4n) is 2.57. The smallest absolute Gasteiger partial charge is 0.320 e. The summed E-state index contributed by atoms with van der Waals surface area (Å²) in [7, 11) is 5.58. The van der Waals surface area contributed by atoms with Crippen molar-refractivity contribution in [3.8, 4) is 0 Å². The van der Waals surface area contributed by atoms with Crippen LogP contribution in [0.5, 0.6) is 0 Å². The van der Waals surface area contributed by atoms with Crippen LogP contribution in [-0.2, 0) is 0 Å². The SMILES string of the molecule is CN1CCN(C(=O)N2CCN(C(=O)N(C)C)CC2)CC1. The van der Waals surface area contributed by atoms with Crippen LogP contribution in [0.25, 0.3) is 0 Å². The number of piperazine rings is 2. The van der Waals surface area contributed by atoms with Crippen molar-refractivity contribution >= 4 is 12.1 Å². The number of nitrogens with zero attached hydrogens (tertiary/aromatic N) is 5. The van der Waals surface area contributed by atoms with Crippen LogP contribution in [0.3, 0.4) is 0 Å². The van der Waals surface area contributed by atoms with E-state index in [-0.39, 0.29) is 12.1 Å². The molecule has 0 spiro atoms. The molecule has 2 rings (SSSR count). The lowest BCUT2D eigenvalue weighted by atomic mass is 10.3. The average molecular weight is 283 g/mol. The minimum absolute atomic E-state index is 0.0247. The zero-order valence-electron chi connectivity index (χ0n) is 12.7. The summed E-state index contributed by atoms with van der Waals surface area (Å²) < 4.78 is 0. The van der Waals surface area contributed by atoms with Gasteiger partial charge in [0.25, 0.3) is 0 Å². The molecule has 0 aromatic rings. The molecule has 0 aromatic heterocycles. The molecule has 20 heavy (non-hydrogen) atoms. The van der Waals surface area contributed by atoms with Crippen LogP contribution < -0.4 is 0 Å². The molecule has 0 N–H and O–H groups in total. The molecule has 114 valence electrons. The van der Waals surface area contributed by atoms with E-state index in [9.17, 15) is 9.59 Å². The molecule has 4 amide bonds. The molecule has 2 fully saturated rings. The number of carbonyl (C=O) groups is 2. The Morgan fingerprint density at radius 3 is 1.60 bits per heavy atom. The Kier molecular flexibility index (Phi) is 4.69. The van der Waals surface area contributed by atoms with Crippen molar-refractivity contribution in [3.05, 3.63) is 0 Å². The first kappa shape index (κ1) is 14.9. The van der Waals surface area contributed by atoms with Gasteiger partial charge in [-0.05, 0) is 7.05 Å². The van der Waals surface area contributed by atoms with Gasteiger partial charge in [0, 0.05) is 66.5 Å². The lowest BCUT2D eigenvalue weighted by Gasteiger charge is -2.40. The van der Waals surface area contributed by atoms with E-state index in [2.05, 4.69) is 11.9 Å². The highest BCUT2D eigenvalue weighted by Gasteiger charge is 2.28. The molecule has 2 aliphatic heterocycles. The Morgan fingerprint density at radius 2 is 1.15 bits per heavy atom. The summed E-state index contributed by atoms with van der Waals surface area (Å²) in [5.41, 5.74) is 0. The van der Waals surface area contributed by atoms with Crippen LogP contribution in [0.1, 0.15) is 0 Å². The Labute approximate surface area is 120 Å². The van der Waals surface area contributed by atoms with Gasteiger partial charge in [-0.2, -0.15) is 0 Å². The van der Waals surface area contributed by atoms with Gasteiger partial charge < -0.3 is 24.5 Å². The van der Waals surface area contributed by atoms with E-state index < -0.39 is 0 Å². The Morgan fingerprint density at radius 1 is 0.750 bits per heavy atom. The predicted molar refractivity (Wildman–Crippen MR) is 76.7 cm³/mol. The molecule has 0 aromatic carbocycles. The van der Waals surface area contributed by atoms with Crippen LogP contribution in [0.2, 0.25) is 0 Å². The Balaban J connectivity index is 1.81. The largest absolute Gasteiger partial charge is 0.331 e. The molecule has 0 atom stereocenters. The van der Waals surface area contributed by atoms with Crippen molar-refractivity contribution in [2.24, 2.45) is 0 Å². The lowest BCUT2D eigenvalue weighted by molar-refractivity contribution is 0.0962. The fourth-order valence-corrected chi connectivity index (χ4v) is 2.57. The van der Waals surface area contributed by atoms with Crippen molar-refractivity contribution < 1.29 is 9.59 Å². The normalized spacial score (nSPS) is 21.1. The lowest BCUT2D eigenvalue weighted by Crippen LogP contribution is -2.57. The summed E-state index contributed by atoms with van der Waals surface area (Å²) in [6, 6.07) is 0.145. The van der Waals surface area contributed by atoms with Crippen LogP contribution >= 0.6 is 0 Å². The van der Waals surface area contributed by atoms with Crippen molar-refractivity contribution in [2.75, 3.05) is 73.5 Å². The molecule has 0 aliphatic carbocycles. The fraction of sp³-hybridized carbons (Fsp3) is 0.846. The molecule has 0 radical (unpaired) electrons. The first-order valence-electron chi connectivity index (χ1n) is 7.17. The second kappa shape index (κ2) is 6.30. The average Bonchev–Trinajstić information content (AvgIpc) is 2.46.